The second-order valence-electron chi connectivity index (χ2n) is 8.54. The van der Waals surface area contributed by atoms with E-state index in [1.807, 2.05) is 47.1 Å². The highest BCUT2D eigenvalue weighted by molar-refractivity contribution is 5.80. The van der Waals surface area contributed by atoms with E-state index in [1.165, 1.54) is 12.8 Å². The summed E-state index contributed by atoms with van der Waals surface area (Å²) >= 11 is 0. The van der Waals surface area contributed by atoms with Crippen molar-refractivity contribution in [3.8, 4) is 5.75 Å². The minimum atomic E-state index is -0.322. The third kappa shape index (κ3) is 4.52. The first kappa shape index (κ1) is 21.3. The second-order valence-corrected chi connectivity index (χ2v) is 8.54. The largest absolute Gasteiger partial charge is 0.497 e. The Bertz CT molecular complexity index is 1280. The molecule has 2 aromatic heterocycles. The van der Waals surface area contributed by atoms with Gasteiger partial charge in [0.2, 0.25) is 0 Å². The molecule has 0 amide bonds. The van der Waals surface area contributed by atoms with Crippen molar-refractivity contribution in [2.24, 2.45) is 0 Å². The highest BCUT2D eigenvalue weighted by atomic mass is 16.5. The lowest BCUT2D eigenvalue weighted by Gasteiger charge is -2.29. The van der Waals surface area contributed by atoms with Gasteiger partial charge in [0.05, 0.1) is 19.2 Å². The summed E-state index contributed by atoms with van der Waals surface area (Å²) in [4.78, 5) is 18.8. The van der Waals surface area contributed by atoms with Gasteiger partial charge < -0.3 is 9.72 Å². The summed E-state index contributed by atoms with van der Waals surface area (Å²) in [6.07, 6.45) is 4.59. The average Bonchev–Trinajstić information content (AvgIpc) is 3.11. The predicted octanol–water partition coefficient (Wildman–Crippen LogP) is 3.54. The van der Waals surface area contributed by atoms with E-state index in [4.69, 9.17) is 4.74 Å². The summed E-state index contributed by atoms with van der Waals surface area (Å²) in [5.41, 5.74) is 2.40. The van der Waals surface area contributed by atoms with Crippen LogP contribution in [0.5, 0.6) is 5.75 Å². The molecule has 0 spiro atoms. The molecule has 0 saturated carbocycles. The van der Waals surface area contributed by atoms with Gasteiger partial charge in [-0.05, 0) is 65.5 Å². The van der Waals surface area contributed by atoms with Crippen molar-refractivity contribution in [2.45, 2.75) is 38.3 Å². The zero-order valence-electron chi connectivity index (χ0n) is 18.8. The normalized spacial score (nSPS) is 15.9. The van der Waals surface area contributed by atoms with Crippen LogP contribution in [0.25, 0.3) is 10.9 Å². The van der Waals surface area contributed by atoms with Crippen molar-refractivity contribution < 1.29 is 4.74 Å². The first-order valence-electron chi connectivity index (χ1n) is 11.5. The number of fused-ring (bicyclic) bond motifs is 1. The topological polar surface area (TPSA) is 88.9 Å². The summed E-state index contributed by atoms with van der Waals surface area (Å²) in [6.45, 7) is 2.36. The molecule has 1 aliphatic heterocycles. The Balaban J connectivity index is 1.61. The van der Waals surface area contributed by atoms with Gasteiger partial charge in [0, 0.05) is 11.6 Å². The van der Waals surface area contributed by atoms with E-state index < -0.39 is 0 Å². The van der Waals surface area contributed by atoms with Gasteiger partial charge in [0.15, 0.2) is 5.82 Å². The zero-order chi connectivity index (χ0) is 22.6. The first-order chi connectivity index (χ1) is 16.2. The van der Waals surface area contributed by atoms with Crippen LogP contribution in [-0.4, -0.2) is 50.3 Å². The molecule has 1 atom stereocenters. The van der Waals surface area contributed by atoms with Gasteiger partial charge in [0.1, 0.15) is 11.8 Å². The summed E-state index contributed by atoms with van der Waals surface area (Å²) in [5, 5.41) is 13.7. The number of likely N-dealkylation sites (tertiary alicyclic amines) is 1. The molecule has 0 bridgehead atoms. The third-order valence-corrected chi connectivity index (χ3v) is 6.36. The summed E-state index contributed by atoms with van der Waals surface area (Å²) in [5.74, 6) is 1.40. The number of benzene rings is 2. The molecule has 8 heteroatoms. The Morgan fingerprint density at radius 2 is 1.82 bits per heavy atom. The fourth-order valence-corrected chi connectivity index (χ4v) is 4.66. The minimum absolute atomic E-state index is 0.126. The van der Waals surface area contributed by atoms with Gasteiger partial charge in [-0.3, -0.25) is 9.69 Å². The summed E-state index contributed by atoms with van der Waals surface area (Å²) in [6, 6.07) is 17.5. The molecule has 4 aromatic rings. The Labute approximate surface area is 192 Å². The number of pyridine rings is 1. The molecular formula is C25H28N6O2. The number of aromatic nitrogens is 5. The number of methoxy groups -OCH3 is 1. The molecule has 1 fully saturated rings. The van der Waals surface area contributed by atoms with Gasteiger partial charge in [-0.25, -0.2) is 4.68 Å². The quantitative estimate of drug-likeness (QED) is 0.489. The van der Waals surface area contributed by atoms with Crippen LogP contribution in [0.4, 0.5) is 0 Å². The highest BCUT2D eigenvalue weighted by Gasteiger charge is 2.30. The van der Waals surface area contributed by atoms with Crippen LogP contribution in [0.2, 0.25) is 0 Å². The Hall–Kier alpha value is -3.52. The Kier molecular flexibility index (Phi) is 6.17. The molecule has 0 radical (unpaired) electrons. The number of aromatic amines is 1. The van der Waals surface area contributed by atoms with Crippen molar-refractivity contribution in [1.29, 1.82) is 0 Å². The number of nitrogens with one attached hydrogen (secondary N) is 1. The van der Waals surface area contributed by atoms with Gasteiger partial charge in [-0.1, -0.05) is 43.2 Å². The third-order valence-electron chi connectivity index (χ3n) is 6.36. The monoisotopic (exact) mass is 444 g/mol. The lowest BCUT2D eigenvalue weighted by atomic mass is 10.0. The lowest BCUT2D eigenvalue weighted by Crippen LogP contribution is -2.36. The second kappa shape index (κ2) is 9.54. The van der Waals surface area contributed by atoms with E-state index in [9.17, 15) is 4.79 Å². The number of nitrogens with zero attached hydrogens (tertiary/aromatic N) is 5. The van der Waals surface area contributed by atoms with Crippen molar-refractivity contribution in [3.05, 3.63) is 81.9 Å². The maximum absolute atomic E-state index is 13.4. The molecule has 8 nitrogen and oxygen atoms in total. The molecule has 2 aromatic carbocycles. The number of ether oxygens (including phenoxy) is 1. The SMILES string of the molecule is COc1ccc2cc([C@H](c3nnnn3Cc3ccccc3)N3CCCCCC3)c(=O)[nH]c2c1. The Morgan fingerprint density at radius 1 is 1.03 bits per heavy atom. The zero-order valence-corrected chi connectivity index (χ0v) is 18.8. The van der Waals surface area contributed by atoms with Crippen LogP contribution in [0.1, 0.15) is 48.7 Å². The Morgan fingerprint density at radius 3 is 2.58 bits per heavy atom. The van der Waals surface area contributed by atoms with Gasteiger partial charge in [-0.2, -0.15) is 0 Å². The summed E-state index contributed by atoms with van der Waals surface area (Å²) < 4.78 is 7.14. The van der Waals surface area contributed by atoms with E-state index in [2.05, 4.69) is 37.5 Å². The molecule has 1 N–H and O–H groups in total. The van der Waals surface area contributed by atoms with Crippen molar-refractivity contribution >= 4 is 10.9 Å². The predicted molar refractivity (Wildman–Crippen MR) is 126 cm³/mol. The van der Waals surface area contributed by atoms with Gasteiger partial charge in [0.25, 0.3) is 5.56 Å². The van der Waals surface area contributed by atoms with Crippen LogP contribution in [0.15, 0.2) is 59.4 Å². The van der Waals surface area contributed by atoms with E-state index in [-0.39, 0.29) is 11.6 Å². The van der Waals surface area contributed by atoms with Crippen LogP contribution in [-0.2, 0) is 6.54 Å². The molecule has 1 aliphatic rings. The molecule has 1 saturated heterocycles. The summed E-state index contributed by atoms with van der Waals surface area (Å²) in [7, 11) is 1.62. The van der Waals surface area contributed by atoms with E-state index >= 15 is 0 Å². The highest BCUT2D eigenvalue weighted by Crippen LogP contribution is 2.30. The van der Waals surface area contributed by atoms with E-state index in [0.717, 1.165) is 42.4 Å². The number of hydrogen-bond acceptors (Lipinski definition) is 6. The van der Waals surface area contributed by atoms with E-state index in [1.54, 1.807) is 7.11 Å². The van der Waals surface area contributed by atoms with Crippen LogP contribution >= 0.6 is 0 Å². The fourth-order valence-electron chi connectivity index (χ4n) is 4.66. The lowest BCUT2D eigenvalue weighted by molar-refractivity contribution is 0.220. The molecule has 5 rings (SSSR count). The maximum Gasteiger partial charge on any atom is 0.253 e. The smallest absolute Gasteiger partial charge is 0.253 e. The molecule has 0 aliphatic carbocycles. The van der Waals surface area contributed by atoms with Gasteiger partial charge >= 0.3 is 0 Å². The number of H-pyrrole nitrogens is 1. The minimum Gasteiger partial charge on any atom is -0.497 e. The fraction of sp³-hybridized carbons (Fsp3) is 0.360. The molecule has 0 unspecified atom stereocenters. The molecular weight excluding hydrogens is 416 g/mol. The van der Waals surface area contributed by atoms with Crippen LogP contribution < -0.4 is 10.3 Å². The molecule has 3 heterocycles. The number of tetrazole rings is 1. The van der Waals surface area contributed by atoms with Crippen molar-refractivity contribution in [2.75, 3.05) is 20.2 Å². The van der Waals surface area contributed by atoms with Crippen molar-refractivity contribution in [3.63, 3.8) is 0 Å². The number of rotatable bonds is 6. The van der Waals surface area contributed by atoms with E-state index in [0.29, 0.717) is 23.7 Å². The maximum atomic E-state index is 13.4. The van der Waals surface area contributed by atoms with Gasteiger partial charge in [-0.15, -0.1) is 5.10 Å². The number of hydrogen-bond donors (Lipinski definition) is 1. The standard InChI is InChI=1S/C25H28N6O2/c1-33-20-12-11-19-15-21(25(32)26-22(19)16-20)23(30-13-7-2-3-8-14-30)24-27-28-29-31(24)17-18-9-5-4-6-10-18/h4-6,9-12,15-16,23H,2-3,7-8,13-14,17H2,1H3,(H,26,32)/t23-/m1/s1. The van der Waals surface area contributed by atoms with Crippen LogP contribution in [0, 0.1) is 0 Å². The molecule has 33 heavy (non-hydrogen) atoms. The molecule has 170 valence electrons. The average molecular weight is 445 g/mol. The first-order valence-corrected chi connectivity index (χ1v) is 11.5. The van der Waals surface area contributed by atoms with Crippen LogP contribution in [0.3, 0.4) is 0 Å². The van der Waals surface area contributed by atoms with Crippen molar-refractivity contribution in [1.82, 2.24) is 30.1 Å².